The number of aromatic hydroxyl groups is 1. The van der Waals surface area contributed by atoms with Crippen LogP contribution in [0.4, 0.5) is 5.82 Å². The van der Waals surface area contributed by atoms with Crippen molar-refractivity contribution in [2.75, 3.05) is 18.0 Å². The predicted octanol–water partition coefficient (Wildman–Crippen LogP) is 1.21. The van der Waals surface area contributed by atoms with Crippen LogP contribution in [0.15, 0.2) is 28.6 Å². The predicted molar refractivity (Wildman–Crippen MR) is 104 cm³/mol. The minimum Gasteiger partial charge on any atom is -0.504 e. The highest BCUT2D eigenvalue weighted by Gasteiger charge is 2.25. The number of rotatable bonds is 3. The van der Waals surface area contributed by atoms with Crippen molar-refractivity contribution in [3.05, 3.63) is 39.6 Å². The molecule has 1 fully saturated rings. The monoisotopic (exact) mass is 409 g/mol. The fourth-order valence-electron chi connectivity index (χ4n) is 3.07. The summed E-state index contributed by atoms with van der Waals surface area (Å²) in [6.45, 7) is 1.18. The number of carboxylic acid groups (broad SMARTS) is 1. The minimum atomic E-state index is -1.35. The number of anilines is 1. The SMILES string of the molecule is Cl.NC1CCN(c2nc3c(cc2O)c(=O)c(C(=O)O)cn3-c2nccs2)C1. The van der Waals surface area contributed by atoms with Crippen molar-refractivity contribution in [1.82, 2.24) is 14.5 Å². The van der Waals surface area contributed by atoms with Gasteiger partial charge in [-0.3, -0.25) is 9.36 Å². The minimum absolute atomic E-state index is 0. The molecule has 0 bridgehead atoms. The molecule has 0 amide bonds. The number of fused-ring (bicyclic) bond motifs is 1. The Kier molecular flexibility index (Phi) is 5.05. The highest BCUT2D eigenvalue weighted by atomic mass is 35.5. The van der Waals surface area contributed by atoms with Gasteiger partial charge in [-0.25, -0.2) is 14.8 Å². The van der Waals surface area contributed by atoms with E-state index in [0.29, 0.717) is 24.0 Å². The average molecular weight is 410 g/mol. The molecule has 3 aromatic heterocycles. The lowest BCUT2D eigenvalue weighted by molar-refractivity contribution is 0.0695. The molecule has 11 heteroatoms. The van der Waals surface area contributed by atoms with Gasteiger partial charge in [0.25, 0.3) is 0 Å². The smallest absolute Gasteiger partial charge is 0.341 e. The van der Waals surface area contributed by atoms with Crippen molar-refractivity contribution < 1.29 is 15.0 Å². The van der Waals surface area contributed by atoms with Crippen molar-refractivity contribution in [2.24, 2.45) is 5.73 Å². The summed E-state index contributed by atoms with van der Waals surface area (Å²) in [5.41, 5.74) is 5.06. The molecule has 4 heterocycles. The van der Waals surface area contributed by atoms with E-state index in [1.54, 1.807) is 11.6 Å². The van der Waals surface area contributed by atoms with E-state index in [1.807, 2.05) is 4.90 Å². The molecule has 1 unspecified atom stereocenters. The molecule has 0 radical (unpaired) electrons. The number of nitrogens with zero attached hydrogens (tertiary/aromatic N) is 4. The number of aromatic nitrogens is 3. The molecular weight excluding hydrogens is 394 g/mol. The topological polar surface area (TPSA) is 135 Å². The normalized spacial score (nSPS) is 16.5. The fourth-order valence-corrected chi connectivity index (χ4v) is 3.69. The van der Waals surface area contributed by atoms with Gasteiger partial charge in [-0.15, -0.1) is 23.7 Å². The summed E-state index contributed by atoms with van der Waals surface area (Å²) < 4.78 is 1.46. The van der Waals surface area contributed by atoms with Gasteiger partial charge in [0.05, 0.1) is 5.39 Å². The van der Waals surface area contributed by atoms with E-state index in [0.717, 1.165) is 6.42 Å². The van der Waals surface area contributed by atoms with Crippen molar-refractivity contribution in [2.45, 2.75) is 12.5 Å². The molecule has 1 aliphatic rings. The number of nitrogens with two attached hydrogens (primary N) is 1. The van der Waals surface area contributed by atoms with Gasteiger partial charge < -0.3 is 20.8 Å². The second-order valence-electron chi connectivity index (χ2n) is 6.06. The van der Waals surface area contributed by atoms with Gasteiger partial charge in [0.1, 0.15) is 5.56 Å². The Morgan fingerprint density at radius 3 is 2.78 bits per heavy atom. The number of aromatic carboxylic acids is 1. The molecule has 0 saturated carbocycles. The van der Waals surface area contributed by atoms with Crippen molar-refractivity contribution >= 4 is 46.6 Å². The summed E-state index contributed by atoms with van der Waals surface area (Å²) in [5, 5.41) is 21.9. The zero-order valence-corrected chi connectivity index (χ0v) is 15.5. The Bertz CT molecular complexity index is 1070. The van der Waals surface area contributed by atoms with Gasteiger partial charge in [-0.05, 0) is 12.5 Å². The number of hydrogen-bond donors (Lipinski definition) is 3. The van der Waals surface area contributed by atoms with Crippen LogP contribution in [-0.2, 0) is 0 Å². The molecule has 4 rings (SSSR count). The Hall–Kier alpha value is -2.69. The first kappa shape index (κ1) is 19.1. The van der Waals surface area contributed by atoms with Crippen LogP contribution in [0, 0.1) is 0 Å². The van der Waals surface area contributed by atoms with Gasteiger partial charge in [-0.2, -0.15) is 0 Å². The third-order valence-corrected chi connectivity index (χ3v) is 5.09. The fraction of sp³-hybridized carbons (Fsp3) is 0.250. The van der Waals surface area contributed by atoms with Crippen molar-refractivity contribution in [3.8, 4) is 10.9 Å². The van der Waals surface area contributed by atoms with Crippen LogP contribution in [-0.4, -0.2) is 49.8 Å². The number of carbonyl (C=O) groups is 1. The first-order chi connectivity index (χ1) is 12.5. The molecule has 1 atom stereocenters. The lowest BCUT2D eigenvalue weighted by atomic mass is 10.2. The number of pyridine rings is 2. The molecule has 4 N–H and O–H groups in total. The molecule has 27 heavy (non-hydrogen) atoms. The van der Waals surface area contributed by atoms with E-state index >= 15 is 0 Å². The molecule has 3 aromatic rings. The highest BCUT2D eigenvalue weighted by molar-refractivity contribution is 7.12. The maximum absolute atomic E-state index is 12.5. The number of thiazole rings is 1. The lowest BCUT2D eigenvalue weighted by Gasteiger charge is -2.19. The third kappa shape index (κ3) is 3.22. The first-order valence-corrected chi connectivity index (χ1v) is 8.76. The van der Waals surface area contributed by atoms with Crippen molar-refractivity contribution in [3.63, 3.8) is 0 Å². The Labute approximate surface area is 163 Å². The summed E-state index contributed by atoms with van der Waals surface area (Å²) in [7, 11) is 0. The van der Waals surface area contributed by atoms with Gasteiger partial charge in [-0.1, -0.05) is 0 Å². The number of carboxylic acids is 1. The van der Waals surface area contributed by atoms with E-state index in [4.69, 9.17) is 5.73 Å². The summed E-state index contributed by atoms with van der Waals surface area (Å²) >= 11 is 1.28. The van der Waals surface area contributed by atoms with Crippen LogP contribution in [0.5, 0.6) is 5.75 Å². The molecule has 0 aliphatic carbocycles. The summed E-state index contributed by atoms with van der Waals surface area (Å²) in [4.78, 5) is 34.5. The molecule has 1 aliphatic heterocycles. The zero-order valence-electron chi connectivity index (χ0n) is 13.9. The van der Waals surface area contributed by atoms with Crippen LogP contribution in [0.25, 0.3) is 16.2 Å². The van der Waals surface area contributed by atoms with Gasteiger partial charge >= 0.3 is 5.97 Å². The van der Waals surface area contributed by atoms with Gasteiger partial charge in [0.15, 0.2) is 22.3 Å². The van der Waals surface area contributed by atoms with Gasteiger partial charge in [0.2, 0.25) is 5.43 Å². The lowest BCUT2D eigenvalue weighted by Crippen LogP contribution is -2.27. The van der Waals surface area contributed by atoms with Crippen LogP contribution < -0.4 is 16.1 Å². The molecular formula is C16H16ClN5O4S. The summed E-state index contributed by atoms with van der Waals surface area (Å²) in [5.74, 6) is -1.22. The van der Waals surface area contributed by atoms with Crippen molar-refractivity contribution in [1.29, 1.82) is 0 Å². The molecule has 0 aromatic carbocycles. The van der Waals surface area contributed by atoms with Crippen LogP contribution in [0.1, 0.15) is 16.8 Å². The quantitative estimate of drug-likeness (QED) is 0.587. The van der Waals surface area contributed by atoms with Crippen LogP contribution in [0.2, 0.25) is 0 Å². The Balaban J connectivity index is 0.00000210. The molecule has 1 saturated heterocycles. The number of halogens is 1. The van der Waals surface area contributed by atoms with E-state index in [1.165, 1.54) is 28.2 Å². The third-order valence-electron chi connectivity index (χ3n) is 4.32. The van der Waals surface area contributed by atoms with E-state index < -0.39 is 17.0 Å². The maximum Gasteiger partial charge on any atom is 0.341 e. The largest absolute Gasteiger partial charge is 0.504 e. The highest BCUT2D eigenvalue weighted by Crippen LogP contribution is 2.31. The summed E-state index contributed by atoms with van der Waals surface area (Å²) in [6.07, 6.45) is 3.57. The second kappa shape index (κ2) is 7.14. The zero-order chi connectivity index (χ0) is 18.4. The van der Waals surface area contributed by atoms with E-state index in [9.17, 15) is 19.8 Å². The van der Waals surface area contributed by atoms with E-state index in [2.05, 4.69) is 9.97 Å². The average Bonchev–Trinajstić information content (AvgIpc) is 3.26. The second-order valence-corrected chi connectivity index (χ2v) is 6.93. The molecule has 0 spiro atoms. The Morgan fingerprint density at radius 1 is 1.41 bits per heavy atom. The molecule has 9 nitrogen and oxygen atoms in total. The molecule has 142 valence electrons. The van der Waals surface area contributed by atoms with Crippen LogP contribution in [0.3, 0.4) is 0 Å². The number of hydrogen-bond acceptors (Lipinski definition) is 8. The maximum atomic E-state index is 12.5. The summed E-state index contributed by atoms with van der Waals surface area (Å²) in [6, 6.07) is 1.25. The van der Waals surface area contributed by atoms with E-state index in [-0.39, 0.29) is 35.2 Å². The standard InChI is InChI=1S/C16H15N5O4S.ClH/c17-8-1-3-20(6-8)14-11(22)5-9-12(23)10(15(24)25)7-21(13(9)19-14)16-18-2-4-26-16;/h2,4-5,7-8,22H,1,3,6,17H2,(H,24,25);1H. The Morgan fingerprint density at radius 2 is 2.19 bits per heavy atom. The first-order valence-electron chi connectivity index (χ1n) is 7.88. The van der Waals surface area contributed by atoms with Gasteiger partial charge in [0, 0.05) is 36.9 Å². The van der Waals surface area contributed by atoms with Crippen LogP contribution >= 0.6 is 23.7 Å².